The van der Waals surface area contributed by atoms with E-state index in [1.54, 1.807) is 0 Å². The maximum Gasteiger partial charge on any atom is 0.328 e. The Morgan fingerprint density at radius 2 is 2.00 bits per heavy atom. The van der Waals surface area contributed by atoms with Crippen LogP contribution >= 0.6 is 0 Å². The van der Waals surface area contributed by atoms with Gasteiger partial charge in [-0.3, -0.25) is 0 Å². The number of nitrogens with one attached hydrogen (secondary N) is 2. The molecule has 2 aliphatic heterocycles. The van der Waals surface area contributed by atoms with Gasteiger partial charge in [-0.25, -0.2) is 29.0 Å². The topological polar surface area (TPSA) is 121 Å². The molecule has 0 aromatic carbocycles. The van der Waals surface area contributed by atoms with E-state index in [0.717, 1.165) is 53.7 Å². The van der Waals surface area contributed by atoms with Crippen LogP contribution in [0.2, 0.25) is 0 Å². The summed E-state index contributed by atoms with van der Waals surface area (Å²) in [5.74, 6) is 0. The summed E-state index contributed by atoms with van der Waals surface area (Å²) in [6, 6.07) is 3.95. The van der Waals surface area contributed by atoms with Gasteiger partial charge in [-0.1, -0.05) is 0 Å². The Morgan fingerprint density at radius 1 is 1.11 bits per heavy atom. The van der Waals surface area contributed by atoms with Crippen LogP contribution in [-0.4, -0.2) is 67.7 Å². The van der Waals surface area contributed by atoms with Crippen molar-refractivity contribution in [2.75, 3.05) is 25.6 Å². The number of amides is 1. The zero-order valence-corrected chi connectivity index (χ0v) is 19.4. The fourth-order valence-corrected chi connectivity index (χ4v) is 5.24. The summed E-state index contributed by atoms with van der Waals surface area (Å²) in [5, 5.41) is 12.3. The zero-order valence-electron chi connectivity index (χ0n) is 19.4. The molecule has 2 atom stereocenters. The van der Waals surface area contributed by atoms with E-state index in [2.05, 4.69) is 21.7 Å². The molecule has 6 heterocycles. The van der Waals surface area contributed by atoms with E-state index >= 15 is 0 Å². The molecule has 0 unspecified atom stereocenters. The third-order valence-corrected chi connectivity index (χ3v) is 7.36. The summed E-state index contributed by atoms with van der Waals surface area (Å²) in [5.41, 5.74) is 5.08. The lowest BCUT2D eigenvalue weighted by atomic mass is 9.89. The van der Waals surface area contributed by atoms with E-state index in [9.17, 15) is 4.79 Å². The lowest BCUT2D eigenvalue weighted by molar-refractivity contribution is -0.0323. The second-order valence-corrected chi connectivity index (χ2v) is 9.43. The van der Waals surface area contributed by atoms with Crippen molar-refractivity contribution < 1.29 is 14.3 Å². The number of ether oxygens (including phenoxy) is 2. The predicted octanol–water partition coefficient (Wildman–Crippen LogP) is 2.86. The lowest BCUT2D eigenvalue weighted by Crippen LogP contribution is -2.52. The molecule has 2 N–H and O–H groups in total. The van der Waals surface area contributed by atoms with E-state index < -0.39 is 0 Å². The summed E-state index contributed by atoms with van der Waals surface area (Å²) in [7, 11) is 1.84. The van der Waals surface area contributed by atoms with Crippen molar-refractivity contribution in [3.8, 4) is 11.4 Å². The first-order valence-electron chi connectivity index (χ1n) is 12.1. The minimum atomic E-state index is -0.257. The molecular weight excluding hydrogens is 448 g/mol. The molecule has 4 bridgehead atoms. The number of rotatable bonds is 2. The van der Waals surface area contributed by atoms with Gasteiger partial charge < -0.3 is 20.1 Å². The number of carbonyl (C=O) groups excluding carboxylic acids is 1. The number of hydrogen-bond donors (Lipinski definition) is 2. The molecule has 0 radical (unpaired) electrons. The highest BCUT2D eigenvalue weighted by Crippen LogP contribution is 2.35. The summed E-state index contributed by atoms with van der Waals surface area (Å²) in [6.07, 6.45) is 6.91. The average Bonchev–Trinajstić information content (AvgIpc) is 3.48. The van der Waals surface area contributed by atoms with Gasteiger partial charge in [-0.05, 0) is 43.4 Å². The van der Waals surface area contributed by atoms with Crippen LogP contribution in [0.3, 0.4) is 0 Å². The molecule has 7 rings (SSSR count). The second-order valence-electron chi connectivity index (χ2n) is 9.43. The van der Waals surface area contributed by atoms with Gasteiger partial charge in [0.1, 0.15) is 17.5 Å². The number of pyridine rings is 2. The SMILES string of the molecule is CNc1cc2nc3c1ncn3C(=O)N[C@@H]1CC[C@H]1OCc1cnc3c(c1)c-2nn3C1CCOCC1. The molecule has 4 aromatic heterocycles. The molecular formula is C24H26N8O3. The monoisotopic (exact) mass is 474 g/mol. The first-order chi connectivity index (χ1) is 17.2. The lowest BCUT2D eigenvalue weighted by Gasteiger charge is -2.36. The van der Waals surface area contributed by atoms with Crippen molar-refractivity contribution in [2.24, 2.45) is 0 Å². The number of nitrogens with zero attached hydrogens (tertiary/aromatic N) is 6. The van der Waals surface area contributed by atoms with Gasteiger partial charge in [0.25, 0.3) is 0 Å². The maximum atomic E-state index is 13.2. The minimum absolute atomic E-state index is 0.0341. The molecule has 0 spiro atoms. The van der Waals surface area contributed by atoms with Crippen LogP contribution in [-0.2, 0) is 16.1 Å². The van der Waals surface area contributed by atoms with Gasteiger partial charge in [0.05, 0.1) is 36.2 Å². The first kappa shape index (κ1) is 20.8. The quantitative estimate of drug-likeness (QED) is 0.455. The first-order valence-corrected chi connectivity index (χ1v) is 12.1. The van der Waals surface area contributed by atoms with Crippen LogP contribution in [0, 0.1) is 0 Å². The maximum absolute atomic E-state index is 13.2. The van der Waals surface area contributed by atoms with Crippen LogP contribution in [0.5, 0.6) is 0 Å². The highest BCUT2D eigenvalue weighted by molar-refractivity contribution is 5.97. The van der Waals surface area contributed by atoms with Gasteiger partial charge >= 0.3 is 6.03 Å². The van der Waals surface area contributed by atoms with Gasteiger partial charge in [-0.15, -0.1) is 0 Å². The van der Waals surface area contributed by atoms with Gasteiger partial charge in [0.2, 0.25) is 0 Å². The summed E-state index contributed by atoms with van der Waals surface area (Å²) < 4.78 is 15.3. The van der Waals surface area contributed by atoms with E-state index in [0.29, 0.717) is 36.7 Å². The normalized spacial score (nSPS) is 22.7. The fourth-order valence-electron chi connectivity index (χ4n) is 5.24. The van der Waals surface area contributed by atoms with Crippen LogP contribution in [0.15, 0.2) is 24.7 Å². The van der Waals surface area contributed by atoms with Crippen molar-refractivity contribution in [2.45, 2.75) is 50.5 Å². The smallest absolute Gasteiger partial charge is 0.328 e. The number of fused-ring (bicyclic) bond motifs is 4. The number of hydrogen-bond acceptors (Lipinski definition) is 8. The second kappa shape index (κ2) is 7.99. The molecule has 1 aliphatic carbocycles. The molecule has 2 fully saturated rings. The van der Waals surface area contributed by atoms with E-state index in [1.807, 2.05) is 24.0 Å². The van der Waals surface area contributed by atoms with Crippen LogP contribution < -0.4 is 10.6 Å². The highest BCUT2D eigenvalue weighted by atomic mass is 16.5. The average molecular weight is 475 g/mol. The highest BCUT2D eigenvalue weighted by Gasteiger charge is 2.34. The fraction of sp³-hybridized carbons (Fsp3) is 0.458. The Labute approximate surface area is 200 Å². The van der Waals surface area contributed by atoms with Gasteiger partial charge in [0, 0.05) is 31.8 Å². The third kappa shape index (κ3) is 3.29. The largest absolute Gasteiger partial charge is 0.386 e. The predicted molar refractivity (Wildman–Crippen MR) is 128 cm³/mol. The van der Waals surface area contributed by atoms with E-state index in [-0.39, 0.29) is 24.2 Å². The molecule has 1 saturated heterocycles. The van der Waals surface area contributed by atoms with Gasteiger partial charge in [-0.2, -0.15) is 5.10 Å². The van der Waals surface area contributed by atoms with E-state index in [1.165, 1.54) is 10.9 Å². The van der Waals surface area contributed by atoms with Crippen molar-refractivity contribution in [1.29, 1.82) is 0 Å². The zero-order chi connectivity index (χ0) is 23.5. The third-order valence-electron chi connectivity index (χ3n) is 7.36. The molecule has 1 saturated carbocycles. The molecule has 11 nitrogen and oxygen atoms in total. The Morgan fingerprint density at radius 3 is 2.80 bits per heavy atom. The van der Waals surface area contributed by atoms with Gasteiger partial charge in [0.15, 0.2) is 11.3 Å². The molecule has 4 aromatic rings. The Hall–Kier alpha value is -3.57. The molecule has 3 aliphatic rings. The molecule has 1 amide bonds. The van der Waals surface area contributed by atoms with E-state index in [4.69, 9.17) is 24.5 Å². The summed E-state index contributed by atoms with van der Waals surface area (Å²) in [4.78, 5) is 27.4. The van der Waals surface area contributed by atoms with Crippen LogP contribution in [0.4, 0.5) is 10.5 Å². The van der Waals surface area contributed by atoms with Crippen molar-refractivity contribution >= 4 is 33.9 Å². The number of imidazole rings is 1. The number of aromatic nitrogens is 6. The number of carbonyl (C=O) groups is 1. The standard InChI is InChI=1S/C24H26N8O3/c1-25-17-9-18-20-15-8-13(10-26-22(15)32(30-20)14-4-6-34-7-5-14)11-35-19-3-2-16(19)29-24(33)31-12-27-21(17)23(31)28-18/h8-10,12,14,16,19H,2-7,11H2,1H3,(H,25,28)(H,29,33)/t16-,19-/m1/s1. The van der Waals surface area contributed by atoms with Crippen LogP contribution in [0.1, 0.15) is 37.3 Å². The minimum Gasteiger partial charge on any atom is -0.386 e. The molecule has 11 heteroatoms. The van der Waals surface area contributed by atoms with Crippen LogP contribution in [0.25, 0.3) is 33.6 Å². The summed E-state index contributed by atoms with van der Waals surface area (Å²) in [6.45, 7) is 1.84. The summed E-state index contributed by atoms with van der Waals surface area (Å²) >= 11 is 0. The van der Waals surface area contributed by atoms with Crippen molar-refractivity contribution in [3.63, 3.8) is 0 Å². The Kier molecular flexibility index (Phi) is 4.74. The molecule has 35 heavy (non-hydrogen) atoms. The Bertz CT molecular complexity index is 1450. The molecule has 180 valence electrons. The Balaban J connectivity index is 1.47. The van der Waals surface area contributed by atoms with Crippen molar-refractivity contribution in [1.82, 2.24) is 34.6 Å². The van der Waals surface area contributed by atoms with Crippen molar-refractivity contribution in [3.05, 3.63) is 30.2 Å². The number of anilines is 1.